The van der Waals surface area contributed by atoms with Crippen molar-refractivity contribution in [3.8, 4) is 0 Å². The monoisotopic (exact) mass is 264 g/mol. The molecule has 1 rings (SSSR count). The zero-order valence-corrected chi connectivity index (χ0v) is 10.8. The summed E-state index contributed by atoms with van der Waals surface area (Å²) in [5, 5.41) is 0. The van der Waals surface area contributed by atoms with E-state index in [-0.39, 0.29) is 10.8 Å². The Balaban J connectivity index is 3.18. The average molecular weight is 265 g/mol. The van der Waals surface area contributed by atoms with Crippen LogP contribution in [0.25, 0.3) is 0 Å². The number of halogens is 1. The Kier molecular flexibility index (Phi) is 3.64. The number of carbonyl (C=O) groups excluding carboxylic acids is 1. The summed E-state index contributed by atoms with van der Waals surface area (Å²) in [6.07, 6.45) is 1.32. The van der Waals surface area contributed by atoms with Crippen molar-refractivity contribution in [2.24, 2.45) is 7.05 Å². The van der Waals surface area contributed by atoms with Crippen LogP contribution in [-0.4, -0.2) is 37.4 Å². The molecule has 0 saturated carbocycles. The van der Waals surface area contributed by atoms with Gasteiger partial charge in [-0.2, -0.15) is 0 Å². The Morgan fingerprint density at radius 3 is 2.50 bits per heavy atom. The van der Waals surface area contributed by atoms with Gasteiger partial charge in [-0.1, -0.05) is 0 Å². The Morgan fingerprint density at radius 1 is 1.56 bits per heavy atom. The molecule has 0 bridgehead atoms. The summed E-state index contributed by atoms with van der Waals surface area (Å²) in [7, 11) is 4.65. The molecule has 0 spiro atoms. The standard InChI is InChI=1S/C9H13ClN2O3S/c1-4-11(2)9(13)8-5-7(6-12(8)3)16(10,14)15/h5-6H,4H2,1-3H3. The molecule has 1 aromatic rings. The third kappa shape index (κ3) is 2.56. The van der Waals surface area contributed by atoms with Crippen molar-refractivity contribution in [1.29, 1.82) is 0 Å². The highest BCUT2D eigenvalue weighted by Gasteiger charge is 2.19. The number of nitrogens with zero attached hydrogens (tertiary/aromatic N) is 2. The summed E-state index contributed by atoms with van der Waals surface area (Å²) in [6.45, 7) is 2.38. The van der Waals surface area contributed by atoms with Gasteiger partial charge in [0, 0.05) is 37.5 Å². The van der Waals surface area contributed by atoms with Crippen LogP contribution in [0.15, 0.2) is 17.2 Å². The molecule has 5 nitrogen and oxygen atoms in total. The summed E-state index contributed by atoms with van der Waals surface area (Å²) in [5.74, 6) is -0.239. The molecule has 0 aliphatic rings. The van der Waals surface area contributed by atoms with E-state index in [1.54, 1.807) is 14.1 Å². The van der Waals surface area contributed by atoms with Gasteiger partial charge in [0.1, 0.15) is 10.6 Å². The molecular formula is C9H13ClN2O3S. The first-order chi connectivity index (χ1) is 7.27. The van der Waals surface area contributed by atoms with E-state index >= 15 is 0 Å². The first-order valence-corrected chi connectivity index (χ1v) is 6.94. The highest BCUT2D eigenvalue weighted by molar-refractivity contribution is 8.13. The lowest BCUT2D eigenvalue weighted by Crippen LogP contribution is -2.27. The third-order valence-electron chi connectivity index (χ3n) is 2.30. The van der Waals surface area contributed by atoms with E-state index in [9.17, 15) is 13.2 Å². The lowest BCUT2D eigenvalue weighted by molar-refractivity contribution is 0.0793. The molecule has 0 aliphatic carbocycles. The minimum absolute atomic E-state index is 0.0653. The van der Waals surface area contributed by atoms with Gasteiger partial charge in [0.15, 0.2) is 0 Å². The Bertz CT molecular complexity index is 507. The van der Waals surface area contributed by atoms with Crippen LogP contribution in [0.4, 0.5) is 0 Å². The fourth-order valence-electron chi connectivity index (χ4n) is 1.22. The molecule has 0 fully saturated rings. The van der Waals surface area contributed by atoms with Gasteiger partial charge in [-0.3, -0.25) is 4.79 Å². The fourth-order valence-corrected chi connectivity index (χ4v) is 2.01. The van der Waals surface area contributed by atoms with E-state index in [0.29, 0.717) is 12.2 Å². The minimum Gasteiger partial charge on any atom is -0.345 e. The van der Waals surface area contributed by atoms with Gasteiger partial charge in [0.2, 0.25) is 0 Å². The molecule has 90 valence electrons. The third-order valence-corrected chi connectivity index (χ3v) is 3.62. The molecule has 1 heterocycles. The van der Waals surface area contributed by atoms with Crippen molar-refractivity contribution < 1.29 is 13.2 Å². The summed E-state index contributed by atoms with van der Waals surface area (Å²) in [5.41, 5.74) is 0.295. The van der Waals surface area contributed by atoms with Gasteiger partial charge in [-0.25, -0.2) is 8.42 Å². The zero-order chi connectivity index (χ0) is 12.5. The molecule has 7 heteroatoms. The largest absolute Gasteiger partial charge is 0.345 e. The topological polar surface area (TPSA) is 59.4 Å². The molecular weight excluding hydrogens is 252 g/mol. The van der Waals surface area contributed by atoms with E-state index in [0.717, 1.165) is 0 Å². The zero-order valence-electron chi connectivity index (χ0n) is 9.27. The number of amides is 1. The van der Waals surface area contributed by atoms with Crippen LogP contribution in [0.3, 0.4) is 0 Å². The number of rotatable bonds is 3. The van der Waals surface area contributed by atoms with Crippen LogP contribution in [0.2, 0.25) is 0 Å². The molecule has 1 aromatic heterocycles. The van der Waals surface area contributed by atoms with E-state index in [2.05, 4.69) is 0 Å². The van der Waals surface area contributed by atoms with E-state index in [1.807, 2.05) is 6.92 Å². The predicted molar refractivity (Wildman–Crippen MR) is 61.1 cm³/mol. The normalized spacial score (nSPS) is 11.5. The van der Waals surface area contributed by atoms with Gasteiger partial charge >= 0.3 is 0 Å². The quantitative estimate of drug-likeness (QED) is 0.767. The lowest BCUT2D eigenvalue weighted by atomic mass is 10.3. The molecule has 1 amide bonds. The van der Waals surface area contributed by atoms with Crippen LogP contribution in [0, 0.1) is 0 Å². The van der Waals surface area contributed by atoms with Crippen molar-refractivity contribution in [3.05, 3.63) is 18.0 Å². The number of hydrogen-bond donors (Lipinski definition) is 0. The Labute approximate surface area is 99.0 Å². The SMILES string of the molecule is CCN(C)C(=O)c1cc(S(=O)(=O)Cl)cn1C. The molecule has 0 aromatic carbocycles. The summed E-state index contributed by atoms with van der Waals surface area (Å²) < 4.78 is 23.6. The molecule has 16 heavy (non-hydrogen) atoms. The van der Waals surface area contributed by atoms with Crippen LogP contribution in [-0.2, 0) is 16.1 Å². The van der Waals surface area contributed by atoms with Crippen molar-refractivity contribution in [3.63, 3.8) is 0 Å². The van der Waals surface area contributed by atoms with Gasteiger partial charge < -0.3 is 9.47 Å². The van der Waals surface area contributed by atoms with Crippen molar-refractivity contribution in [2.45, 2.75) is 11.8 Å². The first-order valence-electron chi connectivity index (χ1n) is 4.64. The fraction of sp³-hybridized carbons (Fsp3) is 0.444. The first kappa shape index (κ1) is 13.1. The second-order valence-corrected chi connectivity index (χ2v) is 6.00. The molecule has 0 unspecified atom stereocenters. The summed E-state index contributed by atoms with van der Waals surface area (Å²) in [4.78, 5) is 13.2. The second kappa shape index (κ2) is 4.47. The van der Waals surface area contributed by atoms with Crippen molar-refractivity contribution >= 4 is 25.6 Å². The minimum atomic E-state index is -3.79. The molecule has 0 saturated heterocycles. The maximum absolute atomic E-state index is 11.8. The van der Waals surface area contributed by atoms with Gasteiger partial charge in [0.25, 0.3) is 15.0 Å². The van der Waals surface area contributed by atoms with E-state index in [1.165, 1.54) is 21.7 Å². The van der Waals surface area contributed by atoms with E-state index < -0.39 is 9.05 Å². The second-order valence-electron chi connectivity index (χ2n) is 3.43. The smallest absolute Gasteiger partial charge is 0.270 e. The van der Waals surface area contributed by atoms with Crippen LogP contribution in [0.1, 0.15) is 17.4 Å². The number of aromatic nitrogens is 1. The molecule has 0 radical (unpaired) electrons. The summed E-state index contributed by atoms with van der Waals surface area (Å²) >= 11 is 0. The molecule has 0 atom stereocenters. The maximum Gasteiger partial charge on any atom is 0.270 e. The Morgan fingerprint density at radius 2 is 2.12 bits per heavy atom. The lowest BCUT2D eigenvalue weighted by Gasteiger charge is -2.14. The van der Waals surface area contributed by atoms with Crippen LogP contribution in [0.5, 0.6) is 0 Å². The van der Waals surface area contributed by atoms with Crippen molar-refractivity contribution in [1.82, 2.24) is 9.47 Å². The van der Waals surface area contributed by atoms with Crippen LogP contribution >= 0.6 is 10.7 Å². The number of hydrogen-bond acceptors (Lipinski definition) is 3. The molecule has 0 N–H and O–H groups in total. The van der Waals surface area contributed by atoms with Gasteiger partial charge in [-0.05, 0) is 13.0 Å². The average Bonchev–Trinajstić information content (AvgIpc) is 2.57. The predicted octanol–water partition coefficient (Wildman–Crippen LogP) is 1.04. The Hall–Kier alpha value is -1.01. The van der Waals surface area contributed by atoms with Gasteiger partial charge in [-0.15, -0.1) is 0 Å². The van der Waals surface area contributed by atoms with Crippen LogP contribution < -0.4 is 0 Å². The van der Waals surface area contributed by atoms with E-state index in [4.69, 9.17) is 10.7 Å². The number of carbonyl (C=O) groups is 1. The summed E-state index contributed by atoms with van der Waals surface area (Å²) in [6, 6.07) is 1.27. The number of aryl methyl sites for hydroxylation is 1. The molecule has 0 aliphatic heterocycles. The highest BCUT2D eigenvalue weighted by atomic mass is 35.7. The van der Waals surface area contributed by atoms with Crippen molar-refractivity contribution in [2.75, 3.05) is 13.6 Å². The highest BCUT2D eigenvalue weighted by Crippen LogP contribution is 2.18. The van der Waals surface area contributed by atoms with Gasteiger partial charge in [0.05, 0.1) is 0 Å². The maximum atomic E-state index is 11.8.